The number of nitrogens with one attached hydrogen (secondary N) is 1. The third-order valence-electron chi connectivity index (χ3n) is 3.10. The molecule has 0 aliphatic carbocycles. The van der Waals surface area contributed by atoms with Gasteiger partial charge < -0.3 is 14.8 Å². The summed E-state index contributed by atoms with van der Waals surface area (Å²) in [6.45, 7) is 5.37. The topological polar surface area (TPSA) is 47.6 Å². The first-order valence-corrected chi connectivity index (χ1v) is 6.48. The minimum absolute atomic E-state index is 0.0117. The second kappa shape index (κ2) is 7.79. The normalized spacial score (nSPS) is 10.3. The van der Waals surface area contributed by atoms with Gasteiger partial charge in [0.15, 0.2) is 0 Å². The number of amides is 1. The van der Waals surface area contributed by atoms with Crippen LogP contribution < -0.4 is 10.1 Å². The standard InChI is InChI=1S/C15H23NO3/c1-11-8-13(14(19-4)9-12(11)2)10-15(17)16-6-5-7-18-3/h8-9H,5-7,10H2,1-4H3,(H,16,17). The Balaban J connectivity index is 2.60. The lowest BCUT2D eigenvalue weighted by Crippen LogP contribution is -2.27. The van der Waals surface area contributed by atoms with Crippen LogP contribution in [0.2, 0.25) is 0 Å². The largest absolute Gasteiger partial charge is 0.496 e. The lowest BCUT2D eigenvalue weighted by molar-refractivity contribution is -0.120. The molecule has 0 saturated heterocycles. The van der Waals surface area contributed by atoms with Crippen LogP contribution in [0.15, 0.2) is 12.1 Å². The molecular formula is C15H23NO3. The molecule has 4 nitrogen and oxygen atoms in total. The molecule has 0 fully saturated rings. The smallest absolute Gasteiger partial charge is 0.224 e. The summed E-state index contributed by atoms with van der Waals surface area (Å²) in [6.07, 6.45) is 1.17. The molecule has 106 valence electrons. The molecule has 0 bridgehead atoms. The monoisotopic (exact) mass is 265 g/mol. The van der Waals surface area contributed by atoms with Crippen molar-refractivity contribution in [3.63, 3.8) is 0 Å². The average molecular weight is 265 g/mol. The zero-order valence-electron chi connectivity index (χ0n) is 12.2. The van der Waals surface area contributed by atoms with Crippen molar-refractivity contribution >= 4 is 5.91 Å². The number of aryl methyl sites for hydroxylation is 2. The molecule has 0 spiro atoms. The molecule has 19 heavy (non-hydrogen) atoms. The maximum Gasteiger partial charge on any atom is 0.224 e. The third kappa shape index (κ3) is 4.91. The summed E-state index contributed by atoms with van der Waals surface area (Å²) in [6, 6.07) is 3.99. The molecule has 1 amide bonds. The van der Waals surface area contributed by atoms with Crippen molar-refractivity contribution in [2.24, 2.45) is 0 Å². The molecule has 1 N–H and O–H groups in total. The first-order chi connectivity index (χ1) is 9.08. The Morgan fingerprint density at radius 2 is 1.89 bits per heavy atom. The summed E-state index contributed by atoms with van der Waals surface area (Å²) in [5.74, 6) is 0.785. The Morgan fingerprint density at radius 1 is 1.21 bits per heavy atom. The van der Waals surface area contributed by atoms with Crippen LogP contribution in [0.4, 0.5) is 0 Å². The molecule has 1 aromatic rings. The Kier molecular flexibility index (Phi) is 6.36. The molecule has 1 aromatic carbocycles. The number of hydrogen-bond acceptors (Lipinski definition) is 3. The van der Waals surface area contributed by atoms with E-state index in [0.717, 1.165) is 17.7 Å². The van der Waals surface area contributed by atoms with E-state index in [1.54, 1.807) is 14.2 Å². The van der Waals surface area contributed by atoms with Crippen LogP contribution in [0.25, 0.3) is 0 Å². The molecule has 0 radical (unpaired) electrons. The number of benzene rings is 1. The summed E-state index contributed by atoms with van der Waals surface area (Å²) in [5.41, 5.74) is 3.26. The van der Waals surface area contributed by atoms with Crippen LogP contribution in [-0.4, -0.2) is 33.3 Å². The molecule has 0 heterocycles. The van der Waals surface area contributed by atoms with Gasteiger partial charge in [0, 0.05) is 25.8 Å². The van der Waals surface area contributed by atoms with Crippen molar-refractivity contribution in [1.82, 2.24) is 5.32 Å². The Morgan fingerprint density at radius 3 is 2.53 bits per heavy atom. The number of hydrogen-bond donors (Lipinski definition) is 1. The van der Waals surface area contributed by atoms with E-state index >= 15 is 0 Å². The van der Waals surface area contributed by atoms with Crippen LogP contribution in [0.1, 0.15) is 23.1 Å². The highest BCUT2D eigenvalue weighted by Crippen LogP contribution is 2.23. The minimum Gasteiger partial charge on any atom is -0.496 e. The van der Waals surface area contributed by atoms with Gasteiger partial charge in [-0.1, -0.05) is 6.07 Å². The molecule has 0 aliphatic rings. The number of methoxy groups -OCH3 is 2. The van der Waals surface area contributed by atoms with Crippen LogP contribution in [-0.2, 0) is 16.0 Å². The number of rotatable bonds is 7. The third-order valence-corrected chi connectivity index (χ3v) is 3.10. The van der Waals surface area contributed by atoms with Crippen molar-refractivity contribution < 1.29 is 14.3 Å². The molecular weight excluding hydrogens is 242 g/mol. The van der Waals surface area contributed by atoms with E-state index in [1.165, 1.54) is 11.1 Å². The summed E-state index contributed by atoms with van der Waals surface area (Å²) in [4.78, 5) is 11.8. The summed E-state index contributed by atoms with van der Waals surface area (Å²) >= 11 is 0. The summed E-state index contributed by atoms with van der Waals surface area (Å²) in [7, 11) is 3.28. The summed E-state index contributed by atoms with van der Waals surface area (Å²) < 4.78 is 10.3. The zero-order valence-corrected chi connectivity index (χ0v) is 12.2. The van der Waals surface area contributed by atoms with Gasteiger partial charge in [-0.15, -0.1) is 0 Å². The first-order valence-electron chi connectivity index (χ1n) is 6.48. The average Bonchev–Trinajstić information content (AvgIpc) is 2.38. The Bertz CT molecular complexity index is 430. The fourth-order valence-electron chi connectivity index (χ4n) is 1.86. The molecule has 0 atom stereocenters. The molecule has 1 rings (SSSR count). The predicted molar refractivity (Wildman–Crippen MR) is 75.7 cm³/mol. The maximum absolute atomic E-state index is 11.8. The van der Waals surface area contributed by atoms with E-state index in [1.807, 2.05) is 26.0 Å². The highest BCUT2D eigenvalue weighted by atomic mass is 16.5. The van der Waals surface area contributed by atoms with Crippen LogP contribution in [0.5, 0.6) is 5.75 Å². The van der Waals surface area contributed by atoms with Gasteiger partial charge in [0.1, 0.15) is 5.75 Å². The quantitative estimate of drug-likeness (QED) is 0.767. The first kappa shape index (κ1) is 15.5. The van der Waals surface area contributed by atoms with Crippen molar-refractivity contribution in [2.75, 3.05) is 27.4 Å². The second-order valence-electron chi connectivity index (χ2n) is 4.62. The Labute approximate surface area is 115 Å². The van der Waals surface area contributed by atoms with E-state index in [0.29, 0.717) is 19.6 Å². The number of carbonyl (C=O) groups excluding carboxylic acids is 1. The lowest BCUT2D eigenvalue weighted by Gasteiger charge is -2.12. The fraction of sp³-hybridized carbons (Fsp3) is 0.533. The minimum atomic E-state index is 0.0117. The highest BCUT2D eigenvalue weighted by molar-refractivity contribution is 5.79. The predicted octanol–water partition coefficient (Wildman–Crippen LogP) is 2.01. The lowest BCUT2D eigenvalue weighted by atomic mass is 10.0. The maximum atomic E-state index is 11.8. The van der Waals surface area contributed by atoms with Gasteiger partial charge >= 0.3 is 0 Å². The van der Waals surface area contributed by atoms with E-state index in [4.69, 9.17) is 9.47 Å². The van der Waals surface area contributed by atoms with E-state index < -0.39 is 0 Å². The van der Waals surface area contributed by atoms with Crippen LogP contribution >= 0.6 is 0 Å². The fourth-order valence-corrected chi connectivity index (χ4v) is 1.86. The van der Waals surface area contributed by atoms with Gasteiger partial charge in [-0.3, -0.25) is 4.79 Å². The molecule has 4 heteroatoms. The van der Waals surface area contributed by atoms with Crippen molar-refractivity contribution in [3.05, 3.63) is 28.8 Å². The van der Waals surface area contributed by atoms with E-state index in [-0.39, 0.29) is 5.91 Å². The van der Waals surface area contributed by atoms with Crippen LogP contribution in [0.3, 0.4) is 0 Å². The van der Waals surface area contributed by atoms with Crippen molar-refractivity contribution in [2.45, 2.75) is 26.7 Å². The highest BCUT2D eigenvalue weighted by Gasteiger charge is 2.10. The van der Waals surface area contributed by atoms with Gasteiger partial charge in [-0.25, -0.2) is 0 Å². The van der Waals surface area contributed by atoms with Gasteiger partial charge in [0.2, 0.25) is 5.91 Å². The van der Waals surface area contributed by atoms with Gasteiger partial charge in [0.05, 0.1) is 13.5 Å². The van der Waals surface area contributed by atoms with Crippen LogP contribution in [0, 0.1) is 13.8 Å². The molecule has 0 unspecified atom stereocenters. The van der Waals surface area contributed by atoms with Gasteiger partial charge in [-0.05, 0) is 37.5 Å². The number of carbonyl (C=O) groups is 1. The van der Waals surface area contributed by atoms with Crippen molar-refractivity contribution in [3.8, 4) is 5.75 Å². The SMILES string of the molecule is COCCCNC(=O)Cc1cc(C)c(C)cc1OC. The van der Waals surface area contributed by atoms with Gasteiger partial charge in [0.25, 0.3) is 0 Å². The second-order valence-corrected chi connectivity index (χ2v) is 4.62. The molecule has 0 saturated carbocycles. The van der Waals surface area contributed by atoms with E-state index in [2.05, 4.69) is 5.32 Å². The van der Waals surface area contributed by atoms with Gasteiger partial charge in [-0.2, -0.15) is 0 Å². The zero-order chi connectivity index (χ0) is 14.3. The molecule has 0 aliphatic heterocycles. The van der Waals surface area contributed by atoms with E-state index in [9.17, 15) is 4.79 Å². The van der Waals surface area contributed by atoms with Crippen molar-refractivity contribution in [1.29, 1.82) is 0 Å². The summed E-state index contributed by atoms with van der Waals surface area (Å²) in [5, 5.41) is 2.88. The number of ether oxygens (including phenoxy) is 2. The molecule has 0 aromatic heterocycles. The Hall–Kier alpha value is -1.55.